The number of nitriles is 1. The Morgan fingerprint density at radius 3 is 2.38 bits per heavy atom. The van der Waals surface area contributed by atoms with E-state index in [4.69, 9.17) is 10.00 Å². The van der Waals surface area contributed by atoms with Crippen LogP contribution < -0.4 is 0 Å². The minimum absolute atomic E-state index is 0.0526. The predicted molar refractivity (Wildman–Crippen MR) is 120 cm³/mol. The minimum atomic E-state index is -0.499. The van der Waals surface area contributed by atoms with Gasteiger partial charge >= 0.3 is 5.97 Å². The Hall–Kier alpha value is -3.66. The number of ether oxygens (including phenoxy) is 1. The third-order valence-electron chi connectivity index (χ3n) is 5.53. The van der Waals surface area contributed by atoms with Crippen molar-refractivity contribution < 1.29 is 14.3 Å². The fraction of sp³-hybridized carbons (Fsp3) is 0.360. The molecule has 164 valence electrons. The Morgan fingerprint density at radius 1 is 1.06 bits per heavy atom. The van der Waals surface area contributed by atoms with Crippen molar-refractivity contribution in [1.82, 2.24) is 14.3 Å². The average Bonchev–Trinajstić information content (AvgIpc) is 3.21. The summed E-state index contributed by atoms with van der Waals surface area (Å²) in [6.45, 7) is 6.65. The number of likely N-dealkylation sites (tertiary alicyclic amines) is 1. The second-order valence-electron chi connectivity index (χ2n) is 9.10. The predicted octanol–water partition coefficient (Wildman–Crippen LogP) is 4.07. The van der Waals surface area contributed by atoms with Gasteiger partial charge in [-0.1, -0.05) is 12.1 Å². The van der Waals surface area contributed by atoms with E-state index in [0.717, 1.165) is 16.9 Å². The molecule has 1 aliphatic heterocycles. The maximum Gasteiger partial charge on any atom is 0.309 e. The highest BCUT2D eigenvalue weighted by Crippen LogP contribution is 2.24. The Bertz CT molecular complexity index is 1190. The molecule has 1 fully saturated rings. The van der Waals surface area contributed by atoms with Crippen molar-refractivity contribution >= 4 is 17.5 Å². The molecule has 3 heterocycles. The maximum atomic E-state index is 13.0. The van der Waals surface area contributed by atoms with E-state index in [9.17, 15) is 9.59 Å². The number of carbonyl (C=O) groups excluding carboxylic acids is 2. The molecular weight excluding hydrogens is 404 g/mol. The molecule has 1 amide bonds. The summed E-state index contributed by atoms with van der Waals surface area (Å²) in [6.07, 6.45) is 4.88. The number of esters is 1. The van der Waals surface area contributed by atoms with Gasteiger partial charge in [0.2, 0.25) is 0 Å². The number of piperidine rings is 1. The quantitative estimate of drug-likeness (QED) is 0.585. The van der Waals surface area contributed by atoms with Gasteiger partial charge in [0.1, 0.15) is 11.2 Å². The highest BCUT2D eigenvalue weighted by atomic mass is 16.6. The van der Waals surface area contributed by atoms with Crippen molar-refractivity contribution in [2.24, 2.45) is 5.92 Å². The molecule has 0 N–H and O–H groups in total. The van der Waals surface area contributed by atoms with Crippen LogP contribution in [0.1, 0.15) is 49.5 Å². The van der Waals surface area contributed by atoms with Gasteiger partial charge in [-0.2, -0.15) is 5.26 Å². The number of imidazole rings is 1. The lowest BCUT2D eigenvalue weighted by Crippen LogP contribution is -2.41. The lowest BCUT2D eigenvalue weighted by molar-refractivity contribution is -0.161. The number of carbonyl (C=O) groups is 2. The SMILES string of the molecule is CC(C)(C)OC(=O)C1CCN(C(=O)c2ccc3nc(-c4ccc(C#N)cc4)cn3c2)CC1. The van der Waals surface area contributed by atoms with Gasteiger partial charge in [0.05, 0.1) is 28.8 Å². The molecule has 7 heteroatoms. The summed E-state index contributed by atoms with van der Waals surface area (Å²) >= 11 is 0. The minimum Gasteiger partial charge on any atom is -0.460 e. The first-order chi connectivity index (χ1) is 15.2. The van der Waals surface area contributed by atoms with Gasteiger partial charge in [0.25, 0.3) is 5.91 Å². The summed E-state index contributed by atoms with van der Waals surface area (Å²) in [6, 6.07) is 13.0. The zero-order valence-corrected chi connectivity index (χ0v) is 18.5. The van der Waals surface area contributed by atoms with Crippen molar-refractivity contribution in [3.63, 3.8) is 0 Å². The van der Waals surface area contributed by atoms with Crippen LogP contribution in [0, 0.1) is 17.2 Å². The van der Waals surface area contributed by atoms with Gasteiger partial charge in [0, 0.05) is 31.0 Å². The van der Waals surface area contributed by atoms with Crippen LogP contribution in [0.25, 0.3) is 16.9 Å². The molecule has 0 atom stereocenters. The number of pyridine rings is 1. The van der Waals surface area contributed by atoms with Gasteiger partial charge in [-0.3, -0.25) is 9.59 Å². The molecule has 0 unspecified atom stereocenters. The van der Waals surface area contributed by atoms with E-state index in [0.29, 0.717) is 37.1 Å². The van der Waals surface area contributed by atoms with Crippen molar-refractivity contribution in [1.29, 1.82) is 5.26 Å². The Balaban J connectivity index is 1.45. The Labute approximate surface area is 187 Å². The molecule has 0 saturated carbocycles. The number of rotatable bonds is 3. The van der Waals surface area contributed by atoms with Crippen LogP contribution in [0.3, 0.4) is 0 Å². The molecule has 7 nitrogen and oxygen atoms in total. The fourth-order valence-electron chi connectivity index (χ4n) is 3.86. The normalized spacial score (nSPS) is 14.9. The van der Waals surface area contributed by atoms with E-state index in [2.05, 4.69) is 11.1 Å². The first-order valence-electron chi connectivity index (χ1n) is 10.7. The van der Waals surface area contributed by atoms with Gasteiger partial charge in [-0.15, -0.1) is 0 Å². The average molecular weight is 431 g/mol. The lowest BCUT2D eigenvalue weighted by Gasteiger charge is -2.32. The smallest absolute Gasteiger partial charge is 0.309 e. The van der Waals surface area contributed by atoms with E-state index >= 15 is 0 Å². The number of nitrogens with zero attached hydrogens (tertiary/aromatic N) is 4. The third-order valence-corrected chi connectivity index (χ3v) is 5.53. The van der Waals surface area contributed by atoms with E-state index < -0.39 is 5.60 Å². The zero-order chi connectivity index (χ0) is 22.9. The number of hydrogen-bond donors (Lipinski definition) is 0. The second kappa shape index (κ2) is 8.46. The fourth-order valence-corrected chi connectivity index (χ4v) is 3.86. The molecule has 32 heavy (non-hydrogen) atoms. The first kappa shape index (κ1) is 21.6. The molecule has 4 rings (SSSR count). The van der Waals surface area contributed by atoms with Crippen LogP contribution in [0.15, 0.2) is 48.8 Å². The molecule has 0 spiro atoms. The molecule has 1 aliphatic rings. The van der Waals surface area contributed by atoms with Crippen molar-refractivity contribution in [3.05, 3.63) is 59.9 Å². The van der Waals surface area contributed by atoms with Crippen molar-refractivity contribution in [2.75, 3.05) is 13.1 Å². The summed E-state index contributed by atoms with van der Waals surface area (Å²) in [7, 11) is 0. The molecule has 0 radical (unpaired) electrons. The number of benzene rings is 1. The Morgan fingerprint density at radius 2 is 1.75 bits per heavy atom. The van der Waals surface area contributed by atoms with Gasteiger partial charge < -0.3 is 14.0 Å². The van der Waals surface area contributed by atoms with Crippen LogP contribution in [0.5, 0.6) is 0 Å². The van der Waals surface area contributed by atoms with Crippen molar-refractivity contribution in [3.8, 4) is 17.3 Å². The molecule has 1 saturated heterocycles. The highest BCUT2D eigenvalue weighted by molar-refractivity contribution is 5.94. The monoisotopic (exact) mass is 430 g/mol. The first-order valence-corrected chi connectivity index (χ1v) is 10.7. The highest BCUT2D eigenvalue weighted by Gasteiger charge is 2.31. The second-order valence-corrected chi connectivity index (χ2v) is 9.10. The third kappa shape index (κ3) is 4.65. The topological polar surface area (TPSA) is 87.7 Å². The van der Waals surface area contributed by atoms with Gasteiger partial charge in [0.15, 0.2) is 0 Å². The van der Waals surface area contributed by atoms with Crippen LogP contribution >= 0.6 is 0 Å². The zero-order valence-electron chi connectivity index (χ0n) is 18.5. The summed E-state index contributed by atoms with van der Waals surface area (Å²) in [5.74, 6) is -0.396. The summed E-state index contributed by atoms with van der Waals surface area (Å²) < 4.78 is 7.33. The summed E-state index contributed by atoms with van der Waals surface area (Å²) in [5.41, 5.74) is 3.10. The van der Waals surface area contributed by atoms with E-state index in [1.54, 1.807) is 29.3 Å². The van der Waals surface area contributed by atoms with Crippen LogP contribution in [-0.2, 0) is 9.53 Å². The van der Waals surface area contributed by atoms with E-state index in [-0.39, 0.29) is 17.8 Å². The van der Waals surface area contributed by atoms with Crippen molar-refractivity contribution in [2.45, 2.75) is 39.2 Å². The molecule has 0 bridgehead atoms. The summed E-state index contributed by atoms with van der Waals surface area (Å²) in [5, 5.41) is 8.96. The molecule has 3 aromatic rings. The Kier molecular flexibility index (Phi) is 5.70. The largest absolute Gasteiger partial charge is 0.460 e. The van der Waals surface area contributed by atoms with Gasteiger partial charge in [-0.25, -0.2) is 4.98 Å². The maximum absolute atomic E-state index is 13.0. The van der Waals surface area contributed by atoms with Crippen LogP contribution in [0.2, 0.25) is 0 Å². The number of aromatic nitrogens is 2. The lowest BCUT2D eigenvalue weighted by atomic mass is 9.96. The van der Waals surface area contributed by atoms with Crippen LogP contribution in [0.4, 0.5) is 0 Å². The molecular formula is C25H26N4O3. The number of fused-ring (bicyclic) bond motifs is 1. The molecule has 0 aliphatic carbocycles. The van der Waals surface area contributed by atoms with E-state index in [1.165, 1.54) is 0 Å². The number of amides is 1. The molecule has 1 aromatic carbocycles. The molecule has 2 aromatic heterocycles. The standard InChI is InChI=1S/C25H26N4O3/c1-25(2,3)32-24(31)19-10-12-28(13-11-19)23(30)20-8-9-22-27-21(16-29(22)15-20)18-6-4-17(14-26)5-7-18/h4-9,15-16,19H,10-13H2,1-3H3. The number of hydrogen-bond acceptors (Lipinski definition) is 5. The van der Waals surface area contributed by atoms with Crippen LogP contribution in [-0.4, -0.2) is 44.9 Å². The van der Waals surface area contributed by atoms with E-state index in [1.807, 2.05) is 49.6 Å². The van der Waals surface area contributed by atoms with Gasteiger partial charge in [-0.05, 0) is 57.9 Å². The summed E-state index contributed by atoms with van der Waals surface area (Å²) in [4.78, 5) is 31.8.